The molecule has 26 heavy (non-hydrogen) atoms. The molecule has 7 heteroatoms. The van der Waals surface area contributed by atoms with Gasteiger partial charge in [-0.25, -0.2) is 0 Å². The van der Waals surface area contributed by atoms with Crippen LogP contribution in [0.1, 0.15) is 24.7 Å². The number of guanidine groups is 1. The van der Waals surface area contributed by atoms with E-state index in [4.69, 9.17) is 4.99 Å². The summed E-state index contributed by atoms with van der Waals surface area (Å²) in [6, 6.07) is 6.46. The van der Waals surface area contributed by atoms with E-state index in [0.29, 0.717) is 0 Å². The summed E-state index contributed by atoms with van der Waals surface area (Å²) < 4.78 is 2.08. The van der Waals surface area contributed by atoms with E-state index in [2.05, 4.69) is 62.3 Å². The van der Waals surface area contributed by atoms with Crippen molar-refractivity contribution >= 4 is 22.3 Å². The molecule has 1 aliphatic rings. The van der Waals surface area contributed by atoms with Crippen LogP contribution in [-0.2, 0) is 6.54 Å². The van der Waals surface area contributed by atoms with Gasteiger partial charge >= 0.3 is 0 Å². The summed E-state index contributed by atoms with van der Waals surface area (Å²) in [4.78, 5) is 9.70. The Bertz CT molecular complexity index is 698. The molecule has 3 rings (SSSR count). The van der Waals surface area contributed by atoms with E-state index in [1.165, 1.54) is 10.7 Å². The van der Waals surface area contributed by atoms with Crippen molar-refractivity contribution in [2.24, 2.45) is 4.99 Å². The fourth-order valence-electron chi connectivity index (χ4n) is 3.32. The lowest BCUT2D eigenvalue weighted by Crippen LogP contribution is -2.52. The average Bonchev–Trinajstić information content (AvgIpc) is 3.28. The number of hydrogen-bond donors (Lipinski definition) is 1. The average molecular weight is 375 g/mol. The molecule has 0 bridgehead atoms. The third-order valence-electron chi connectivity index (χ3n) is 4.62. The number of nitrogens with zero attached hydrogens (tertiary/aromatic N) is 5. The lowest BCUT2D eigenvalue weighted by molar-refractivity contribution is 0.373. The van der Waals surface area contributed by atoms with Crippen LogP contribution in [0.15, 0.2) is 28.6 Å². The molecule has 0 aromatic carbocycles. The normalized spacial score (nSPS) is 15.6. The van der Waals surface area contributed by atoms with E-state index in [1.54, 1.807) is 0 Å². The van der Waals surface area contributed by atoms with Gasteiger partial charge in [0.1, 0.15) is 0 Å². The smallest absolute Gasteiger partial charge is 0.194 e. The van der Waals surface area contributed by atoms with Crippen LogP contribution in [0, 0.1) is 13.8 Å². The molecule has 0 atom stereocenters. The van der Waals surface area contributed by atoms with Crippen LogP contribution in [0.4, 0.5) is 5.00 Å². The van der Waals surface area contributed by atoms with E-state index in [1.807, 2.05) is 18.3 Å². The first kappa shape index (κ1) is 18.8. The van der Waals surface area contributed by atoms with Crippen LogP contribution >= 0.6 is 11.3 Å². The first-order valence-corrected chi connectivity index (χ1v) is 10.4. The minimum Gasteiger partial charge on any atom is -0.360 e. The van der Waals surface area contributed by atoms with Gasteiger partial charge in [-0.2, -0.15) is 5.10 Å². The predicted octanol–water partition coefficient (Wildman–Crippen LogP) is 2.74. The van der Waals surface area contributed by atoms with Crippen LogP contribution in [0.5, 0.6) is 0 Å². The van der Waals surface area contributed by atoms with Crippen molar-refractivity contribution in [3.8, 4) is 0 Å². The first-order chi connectivity index (χ1) is 12.7. The highest BCUT2D eigenvalue weighted by Gasteiger charge is 2.20. The van der Waals surface area contributed by atoms with E-state index < -0.39 is 0 Å². The molecule has 3 heterocycles. The minimum atomic E-state index is 0.825. The van der Waals surface area contributed by atoms with Gasteiger partial charge in [-0.05, 0) is 50.8 Å². The Kier molecular flexibility index (Phi) is 6.55. The molecule has 2 aromatic heterocycles. The zero-order valence-electron chi connectivity index (χ0n) is 16.1. The van der Waals surface area contributed by atoms with Crippen molar-refractivity contribution in [2.75, 3.05) is 44.2 Å². The van der Waals surface area contributed by atoms with Crippen LogP contribution < -0.4 is 10.2 Å². The standard InChI is InChI=1S/C19H30N6S/c1-4-20-19(21-8-6-9-25-17(3)15-16(2)22-25)24-12-10-23(11-13-24)18-7-5-14-26-18/h5,7,14-15H,4,6,8-13H2,1-3H3,(H,20,21). The van der Waals surface area contributed by atoms with Gasteiger partial charge in [0.25, 0.3) is 0 Å². The van der Waals surface area contributed by atoms with Gasteiger partial charge < -0.3 is 15.1 Å². The number of aryl methyl sites for hydroxylation is 3. The second-order valence-corrected chi connectivity index (χ2v) is 7.59. The minimum absolute atomic E-state index is 0.825. The predicted molar refractivity (Wildman–Crippen MR) is 110 cm³/mol. The molecule has 1 aliphatic heterocycles. The molecule has 0 aliphatic carbocycles. The largest absolute Gasteiger partial charge is 0.360 e. The molecule has 1 saturated heterocycles. The maximum absolute atomic E-state index is 4.85. The maximum atomic E-state index is 4.85. The van der Waals surface area contributed by atoms with Gasteiger partial charge in [0, 0.05) is 51.5 Å². The number of rotatable bonds is 6. The lowest BCUT2D eigenvalue weighted by Gasteiger charge is -2.37. The van der Waals surface area contributed by atoms with Crippen molar-refractivity contribution in [1.82, 2.24) is 20.0 Å². The van der Waals surface area contributed by atoms with E-state index >= 15 is 0 Å². The third-order valence-corrected chi connectivity index (χ3v) is 5.55. The Balaban J connectivity index is 1.50. The zero-order chi connectivity index (χ0) is 18.4. The van der Waals surface area contributed by atoms with Crippen LogP contribution in [0.2, 0.25) is 0 Å². The summed E-state index contributed by atoms with van der Waals surface area (Å²) in [6.45, 7) is 13.1. The van der Waals surface area contributed by atoms with E-state index in [9.17, 15) is 0 Å². The summed E-state index contributed by atoms with van der Waals surface area (Å²) in [5.41, 5.74) is 2.31. The number of hydrogen-bond acceptors (Lipinski definition) is 4. The van der Waals surface area contributed by atoms with E-state index in [-0.39, 0.29) is 0 Å². The highest BCUT2D eigenvalue weighted by molar-refractivity contribution is 7.14. The highest BCUT2D eigenvalue weighted by atomic mass is 32.1. The molecule has 0 radical (unpaired) electrons. The Morgan fingerprint density at radius 1 is 1.27 bits per heavy atom. The van der Waals surface area contributed by atoms with E-state index in [0.717, 1.165) is 63.9 Å². The summed E-state index contributed by atoms with van der Waals surface area (Å²) >= 11 is 1.82. The van der Waals surface area contributed by atoms with Gasteiger partial charge in [0.05, 0.1) is 10.7 Å². The molecule has 0 unspecified atom stereocenters. The summed E-state index contributed by atoms with van der Waals surface area (Å²) in [7, 11) is 0. The quantitative estimate of drug-likeness (QED) is 0.480. The van der Waals surface area contributed by atoms with Gasteiger partial charge in [0.2, 0.25) is 0 Å². The summed E-state index contributed by atoms with van der Waals surface area (Å²) in [5.74, 6) is 1.05. The molecule has 6 nitrogen and oxygen atoms in total. The Morgan fingerprint density at radius 3 is 2.69 bits per heavy atom. The molecule has 1 fully saturated rings. The molecule has 142 valence electrons. The van der Waals surface area contributed by atoms with Crippen molar-refractivity contribution in [3.05, 3.63) is 35.0 Å². The molecule has 0 saturated carbocycles. The highest BCUT2D eigenvalue weighted by Crippen LogP contribution is 2.22. The van der Waals surface area contributed by atoms with Crippen molar-refractivity contribution < 1.29 is 0 Å². The van der Waals surface area contributed by atoms with Crippen LogP contribution in [-0.4, -0.2) is 59.9 Å². The molecule has 0 spiro atoms. The van der Waals surface area contributed by atoms with Crippen LogP contribution in [0.3, 0.4) is 0 Å². The second kappa shape index (κ2) is 9.07. The van der Waals surface area contributed by atoms with Gasteiger partial charge in [0.15, 0.2) is 5.96 Å². The molecule has 2 aromatic rings. The Hall–Kier alpha value is -2.02. The molecular formula is C19H30N6S. The molecule has 0 amide bonds. The third kappa shape index (κ3) is 4.78. The van der Waals surface area contributed by atoms with Gasteiger partial charge in [-0.15, -0.1) is 11.3 Å². The summed E-state index contributed by atoms with van der Waals surface area (Å²) in [5, 5.41) is 11.5. The number of thiophene rings is 1. The van der Waals surface area contributed by atoms with Gasteiger partial charge in [-0.3, -0.25) is 9.67 Å². The Morgan fingerprint density at radius 2 is 2.08 bits per heavy atom. The van der Waals surface area contributed by atoms with Crippen molar-refractivity contribution in [2.45, 2.75) is 33.7 Å². The zero-order valence-corrected chi connectivity index (χ0v) is 16.9. The van der Waals surface area contributed by atoms with Crippen molar-refractivity contribution in [3.63, 3.8) is 0 Å². The number of anilines is 1. The van der Waals surface area contributed by atoms with Crippen molar-refractivity contribution in [1.29, 1.82) is 0 Å². The Labute approximate surface area is 160 Å². The summed E-state index contributed by atoms with van der Waals surface area (Å²) in [6.07, 6.45) is 1.01. The molecule has 1 N–H and O–H groups in total. The van der Waals surface area contributed by atoms with Crippen LogP contribution in [0.25, 0.3) is 0 Å². The first-order valence-electron chi connectivity index (χ1n) is 9.50. The lowest BCUT2D eigenvalue weighted by atomic mass is 10.3. The number of nitrogens with one attached hydrogen (secondary N) is 1. The fourth-order valence-corrected chi connectivity index (χ4v) is 4.11. The monoisotopic (exact) mass is 374 g/mol. The second-order valence-electron chi connectivity index (χ2n) is 6.66. The maximum Gasteiger partial charge on any atom is 0.194 e. The number of aliphatic imine (C=N–C) groups is 1. The topological polar surface area (TPSA) is 48.7 Å². The SMILES string of the molecule is CCNC(=NCCCn1nc(C)cc1C)N1CCN(c2cccs2)CC1. The number of aromatic nitrogens is 2. The van der Waals surface area contributed by atoms with Gasteiger partial charge in [-0.1, -0.05) is 0 Å². The fraction of sp³-hybridized carbons (Fsp3) is 0.579. The number of piperazine rings is 1. The molecular weight excluding hydrogens is 344 g/mol.